The molecule has 2 saturated carbocycles. The lowest BCUT2D eigenvalue weighted by Crippen LogP contribution is -2.54. The minimum atomic E-state index is -0.652. The second-order valence-corrected chi connectivity index (χ2v) is 14.9. The zero-order valence-electron chi connectivity index (χ0n) is 26.9. The Hall–Kier alpha value is -1.65. The van der Waals surface area contributed by atoms with E-state index in [2.05, 4.69) is 71.1 Å². The SMILES string of the molecule is CCCC(NC(CC)CC)c1cccc(OCCC23CCC4C5=C(CC(=O)CC5)C(C)(C)CC4C2CC[C@]3(C)O)c1. The Morgan fingerprint density at radius 3 is 2.59 bits per heavy atom. The van der Waals surface area contributed by atoms with E-state index in [4.69, 9.17) is 4.74 Å². The monoisotopic (exact) mass is 563 g/mol. The van der Waals surface area contributed by atoms with Gasteiger partial charge in [0, 0.05) is 30.3 Å². The fourth-order valence-electron chi connectivity index (χ4n) is 9.88. The summed E-state index contributed by atoms with van der Waals surface area (Å²) in [4.78, 5) is 12.4. The molecule has 2 N–H and O–H groups in total. The predicted octanol–water partition coefficient (Wildman–Crippen LogP) is 8.73. The molecule has 4 heteroatoms. The average molecular weight is 564 g/mol. The first kappa shape index (κ1) is 30.8. The molecule has 0 heterocycles. The summed E-state index contributed by atoms with van der Waals surface area (Å²) < 4.78 is 6.52. The molecule has 1 aromatic rings. The number of allylic oxidation sites excluding steroid dienone is 2. The van der Waals surface area contributed by atoms with Crippen molar-refractivity contribution in [2.24, 2.45) is 28.6 Å². The van der Waals surface area contributed by atoms with Crippen molar-refractivity contribution in [1.29, 1.82) is 0 Å². The molecule has 6 atom stereocenters. The molecular formula is C37H57NO3. The Labute approximate surface area is 250 Å². The van der Waals surface area contributed by atoms with E-state index in [1.54, 1.807) is 5.57 Å². The van der Waals surface area contributed by atoms with E-state index in [1.807, 2.05) is 0 Å². The molecular weight excluding hydrogens is 506 g/mol. The van der Waals surface area contributed by atoms with Crippen molar-refractivity contribution in [3.05, 3.63) is 41.0 Å². The Morgan fingerprint density at radius 2 is 1.85 bits per heavy atom. The number of ether oxygens (including phenoxy) is 1. The van der Waals surface area contributed by atoms with Crippen molar-refractivity contribution < 1.29 is 14.6 Å². The van der Waals surface area contributed by atoms with Crippen molar-refractivity contribution in [2.75, 3.05) is 6.61 Å². The highest BCUT2D eigenvalue weighted by Crippen LogP contribution is 2.67. The van der Waals surface area contributed by atoms with E-state index < -0.39 is 5.60 Å². The average Bonchev–Trinajstić information content (AvgIpc) is 3.21. The fraction of sp³-hybridized carbons (Fsp3) is 0.757. The minimum Gasteiger partial charge on any atom is -0.494 e. The molecule has 4 nitrogen and oxygen atoms in total. The topological polar surface area (TPSA) is 58.6 Å². The highest BCUT2D eigenvalue weighted by atomic mass is 16.5. The summed E-state index contributed by atoms with van der Waals surface area (Å²) in [5, 5.41) is 15.8. The number of carbonyl (C=O) groups is 1. The molecule has 41 heavy (non-hydrogen) atoms. The third-order valence-corrected chi connectivity index (χ3v) is 12.2. The van der Waals surface area contributed by atoms with E-state index in [0.29, 0.717) is 48.6 Å². The van der Waals surface area contributed by atoms with Gasteiger partial charge in [-0.3, -0.25) is 4.79 Å². The van der Waals surface area contributed by atoms with Gasteiger partial charge in [0.25, 0.3) is 0 Å². The van der Waals surface area contributed by atoms with Gasteiger partial charge in [-0.1, -0.05) is 64.3 Å². The second kappa shape index (κ2) is 12.2. The van der Waals surface area contributed by atoms with Gasteiger partial charge in [-0.2, -0.15) is 0 Å². The molecule has 0 bridgehead atoms. The van der Waals surface area contributed by atoms with Crippen LogP contribution in [0, 0.1) is 28.6 Å². The van der Waals surface area contributed by atoms with Gasteiger partial charge in [0.1, 0.15) is 11.5 Å². The highest BCUT2D eigenvalue weighted by molar-refractivity contribution is 5.83. The zero-order valence-corrected chi connectivity index (χ0v) is 26.9. The quantitative estimate of drug-likeness (QED) is 0.264. The van der Waals surface area contributed by atoms with Crippen LogP contribution in [0.4, 0.5) is 0 Å². The molecule has 0 amide bonds. The summed E-state index contributed by atoms with van der Waals surface area (Å²) in [5.41, 5.74) is 3.75. The van der Waals surface area contributed by atoms with Gasteiger partial charge in [0.05, 0.1) is 12.2 Å². The number of hydrogen-bond acceptors (Lipinski definition) is 4. The van der Waals surface area contributed by atoms with Gasteiger partial charge < -0.3 is 15.2 Å². The summed E-state index contributed by atoms with van der Waals surface area (Å²) in [6, 6.07) is 9.63. The van der Waals surface area contributed by atoms with Crippen LogP contribution in [0.1, 0.15) is 137 Å². The van der Waals surface area contributed by atoms with E-state index in [9.17, 15) is 9.90 Å². The maximum atomic E-state index is 12.4. The van der Waals surface area contributed by atoms with E-state index in [-0.39, 0.29) is 10.8 Å². The third kappa shape index (κ3) is 5.81. The Morgan fingerprint density at radius 1 is 1.07 bits per heavy atom. The summed E-state index contributed by atoms with van der Waals surface area (Å²) in [5.74, 6) is 3.12. The minimum absolute atomic E-state index is 0.0820. The number of hydrogen-bond donors (Lipinski definition) is 2. The van der Waals surface area contributed by atoms with Crippen LogP contribution in [0.25, 0.3) is 0 Å². The van der Waals surface area contributed by atoms with E-state index in [1.165, 1.54) is 11.1 Å². The molecule has 4 aliphatic rings. The smallest absolute Gasteiger partial charge is 0.137 e. The summed E-state index contributed by atoms with van der Waals surface area (Å²) in [6.45, 7) is 14.3. The maximum Gasteiger partial charge on any atom is 0.137 e. The fourth-order valence-corrected chi connectivity index (χ4v) is 9.88. The van der Waals surface area contributed by atoms with Gasteiger partial charge in [0.2, 0.25) is 0 Å². The Kier molecular flexibility index (Phi) is 9.13. The Bertz CT molecular complexity index is 1110. The lowest BCUT2D eigenvalue weighted by atomic mass is 9.48. The van der Waals surface area contributed by atoms with Crippen LogP contribution < -0.4 is 10.1 Å². The first-order valence-corrected chi connectivity index (χ1v) is 17.0. The maximum absolute atomic E-state index is 12.4. The summed E-state index contributed by atoms with van der Waals surface area (Å²) in [7, 11) is 0. The number of rotatable bonds is 11. The van der Waals surface area contributed by atoms with Crippen molar-refractivity contribution in [2.45, 2.75) is 143 Å². The molecule has 0 radical (unpaired) electrons. The number of benzene rings is 1. The number of carbonyl (C=O) groups excluding carboxylic acids is 1. The number of fused-ring (bicyclic) bond motifs is 4. The normalized spacial score (nSPS) is 33.4. The molecule has 0 saturated heterocycles. The summed E-state index contributed by atoms with van der Waals surface area (Å²) >= 11 is 0. The lowest BCUT2D eigenvalue weighted by molar-refractivity contribution is -0.124. The van der Waals surface area contributed by atoms with Gasteiger partial charge in [-0.05, 0) is 112 Å². The molecule has 4 aliphatic carbocycles. The van der Waals surface area contributed by atoms with Gasteiger partial charge in [-0.15, -0.1) is 0 Å². The van der Waals surface area contributed by atoms with Crippen LogP contribution in [0.5, 0.6) is 5.75 Å². The number of Topliss-reactive ketones (excluding diaryl/α,β-unsaturated/α-hetero) is 1. The van der Waals surface area contributed by atoms with Crippen LogP contribution in [0.3, 0.4) is 0 Å². The molecule has 5 unspecified atom stereocenters. The van der Waals surface area contributed by atoms with E-state index >= 15 is 0 Å². The number of nitrogens with one attached hydrogen (secondary N) is 1. The summed E-state index contributed by atoms with van der Waals surface area (Å²) in [6.07, 6.45) is 13.2. The van der Waals surface area contributed by atoms with Crippen molar-refractivity contribution in [3.63, 3.8) is 0 Å². The standard InChI is InChI=1S/C37H57NO3/c1-7-11-34(38-26(8-2)9-3)25-12-10-13-28(22-25)41-21-20-37-19-16-29-30-15-14-27(39)23-33(30)35(4,5)24-31(29)32(37)17-18-36(37,6)40/h10,12-13,22,26,29,31-32,34,38,40H,7-9,11,14-21,23-24H2,1-6H3/t29?,31?,32?,34?,36-,37?/m0/s1. The molecule has 1 aromatic carbocycles. The largest absolute Gasteiger partial charge is 0.494 e. The molecule has 228 valence electrons. The lowest BCUT2D eigenvalue weighted by Gasteiger charge is -2.57. The zero-order chi connectivity index (χ0) is 29.4. The Balaban J connectivity index is 1.32. The third-order valence-electron chi connectivity index (χ3n) is 12.2. The highest BCUT2D eigenvalue weighted by Gasteiger charge is 2.63. The molecule has 0 spiro atoms. The van der Waals surface area contributed by atoms with Crippen LogP contribution >= 0.6 is 0 Å². The van der Waals surface area contributed by atoms with Crippen LogP contribution in [-0.2, 0) is 4.79 Å². The van der Waals surface area contributed by atoms with Crippen molar-refractivity contribution in [1.82, 2.24) is 5.32 Å². The first-order valence-electron chi connectivity index (χ1n) is 17.0. The number of ketones is 1. The second-order valence-electron chi connectivity index (χ2n) is 14.9. The van der Waals surface area contributed by atoms with Crippen LogP contribution in [-0.4, -0.2) is 29.1 Å². The molecule has 2 fully saturated rings. The van der Waals surface area contributed by atoms with Gasteiger partial charge in [-0.25, -0.2) is 0 Å². The molecule has 5 rings (SSSR count). The van der Waals surface area contributed by atoms with Crippen molar-refractivity contribution in [3.8, 4) is 5.75 Å². The van der Waals surface area contributed by atoms with Crippen molar-refractivity contribution >= 4 is 5.78 Å². The van der Waals surface area contributed by atoms with Crippen LogP contribution in [0.2, 0.25) is 0 Å². The molecule has 0 aliphatic heterocycles. The number of aliphatic hydroxyl groups is 1. The first-order chi connectivity index (χ1) is 19.5. The van der Waals surface area contributed by atoms with Crippen LogP contribution in [0.15, 0.2) is 35.4 Å². The van der Waals surface area contributed by atoms with Gasteiger partial charge in [0.15, 0.2) is 0 Å². The van der Waals surface area contributed by atoms with E-state index in [0.717, 1.165) is 82.8 Å². The predicted molar refractivity (Wildman–Crippen MR) is 168 cm³/mol. The molecule has 0 aromatic heterocycles. The van der Waals surface area contributed by atoms with Gasteiger partial charge >= 0.3 is 0 Å².